The zero-order valence-electron chi connectivity index (χ0n) is 55.9. The Labute approximate surface area is 498 Å². The normalized spacial score (nSPS) is 14.4. The predicted octanol–water partition coefficient (Wildman–Crippen LogP) is 20.5. The summed E-state index contributed by atoms with van der Waals surface area (Å²) in [7, 11) is 0. The van der Waals surface area contributed by atoms with Crippen molar-refractivity contribution in [2.24, 2.45) is 0 Å². The first kappa shape index (κ1) is 41.8. The summed E-state index contributed by atoms with van der Waals surface area (Å²) in [5.74, 6) is 1.94. The predicted molar refractivity (Wildman–Crippen MR) is 329 cm³/mol. The molecule has 0 saturated carbocycles. The van der Waals surface area contributed by atoms with Gasteiger partial charge in [0.25, 0.3) is 0 Å². The smallest absolute Gasteiger partial charge is 0.135 e. The van der Waals surface area contributed by atoms with Gasteiger partial charge in [0.1, 0.15) is 17.0 Å². The van der Waals surface area contributed by atoms with Crippen LogP contribution in [0.15, 0.2) is 198 Å². The molecule has 4 heterocycles. The van der Waals surface area contributed by atoms with Crippen molar-refractivity contribution in [2.75, 3.05) is 9.80 Å². The number of fused-ring (bicyclic) bond motifs is 8. The van der Waals surface area contributed by atoms with Crippen molar-refractivity contribution in [2.45, 2.75) is 85.5 Å². The molecule has 0 N–H and O–H groups in total. The fourth-order valence-electron chi connectivity index (χ4n) is 11.2. The van der Waals surface area contributed by atoms with Gasteiger partial charge in [0, 0.05) is 83.2 Å². The van der Waals surface area contributed by atoms with Crippen molar-refractivity contribution >= 4 is 66.5 Å². The summed E-state index contributed by atoms with van der Waals surface area (Å²) < 4.78 is 105. The Morgan fingerprint density at radius 3 is 1.89 bits per heavy atom. The number of rotatable bonds is 11. The van der Waals surface area contributed by atoms with E-state index in [4.69, 9.17) is 22.4 Å². The standard InChI is InChI=1S/C73H63N4O2.Pt/c1-45(2)50-39-61(46(3)4)69(62(40-50)47(5)6)51-37-53(75-44-76(64-29-18-17-28-63(64)75)71-56(48-21-12-10-13-22-48)26-20-27-57(71)49-23-14-11-15-24-49)42-55(38-51)78-54-31-32-60-66(43-54)77(68-41-52(35-36-74-68)73(7,8)9)65-34-33-59-58-25-16-19-30-67(58)79-72(59)70(60)65;/h10-41,44-47H,1-9H3;/q-3;/i10D,11D,12D,13D,14D,15D,21D,22D,23D,24D;. The zero-order chi connectivity index (χ0) is 63.0. The molecule has 1 aliphatic rings. The van der Waals surface area contributed by atoms with E-state index in [1.54, 1.807) is 29.8 Å². The Morgan fingerprint density at radius 2 is 1.24 bits per heavy atom. The first-order valence-electron chi connectivity index (χ1n) is 31.9. The number of nitrogens with zero attached hydrogens (tertiary/aromatic N) is 4. The van der Waals surface area contributed by atoms with Crippen molar-refractivity contribution in [3.8, 4) is 50.7 Å². The number of hydrogen-bond acceptors (Lipinski definition) is 5. The van der Waals surface area contributed by atoms with E-state index >= 15 is 0 Å². The minimum Gasteiger partial charge on any atom is -0.509 e. The summed E-state index contributed by atoms with van der Waals surface area (Å²) in [4.78, 5) is 8.73. The summed E-state index contributed by atoms with van der Waals surface area (Å²) in [6, 6.07) is 43.7. The number of anilines is 4. The van der Waals surface area contributed by atoms with Crippen LogP contribution in [0, 0.1) is 18.8 Å². The van der Waals surface area contributed by atoms with Crippen LogP contribution in [0.4, 0.5) is 22.7 Å². The van der Waals surface area contributed by atoms with Crippen LogP contribution in [0.2, 0.25) is 0 Å². The van der Waals surface area contributed by atoms with Crippen molar-refractivity contribution in [3.05, 3.63) is 235 Å². The molecule has 0 unspecified atom stereocenters. The van der Waals surface area contributed by atoms with E-state index in [0.29, 0.717) is 34.4 Å². The van der Waals surface area contributed by atoms with Crippen molar-refractivity contribution < 1.29 is 43.9 Å². The molecule has 0 fully saturated rings. The molecule has 0 amide bonds. The summed E-state index contributed by atoms with van der Waals surface area (Å²) >= 11 is 0. The molecule has 0 bridgehead atoms. The summed E-state index contributed by atoms with van der Waals surface area (Å²) in [6.45, 7) is 21.6. The number of hydrogen-bond donors (Lipinski definition) is 0. The summed E-state index contributed by atoms with van der Waals surface area (Å²) in [5, 5.41) is 3.81. The third kappa shape index (κ3) is 9.18. The van der Waals surface area contributed by atoms with E-state index in [1.165, 1.54) is 5.56 Å². The second kappa shape index (κ2) is 20.8. The van der Waals surface area contributed by atoms with Gasteiger partial charge < -0.3 is 23.5 Å². The Balaban J connectivity index is 0.00000785. The van der Waals surface area contributed by atoms with Gasteiger partial charge in [-0.15, -0.1) is 48.3 Å². The average molecular weight is 1230 g/mol. The van der Waals surface area contributed by atoms with E-state index in [9.17, 15) is 5.48 Å². The molecule has 13 rings (SSSR count). The molecule has 7 heteroatoms. The molecule has 9 aromatic carbocycles. The van der Waals surface area contributed by atoms with Crippen LogP contribution in [0.25, 0.3) is 82.9 Å². The Hall–Kier alpha value is -8.18. The third-order valence-corrected chi connectivity index (χ3v) is 15.2. The van der Waals surface area contributed by atoms with Crippen LogP contribution in [-0.2, 0) is 26.5 Å². The fourth-order valence-corrected chi connectivity index (χ4v) is 11.2. The maximum absolute atomic E-state index is 9.28. The molecule has 0 aliphatic carbocycles. The topological polar surface area (TPSA) is 46.7 Å². The minimum atomic E-state index is -0.572. The van der Waals surface area contributed by atoms with Crippen LogP contribution < -0.4 is 14.5 Å². The largest absolute Gasteiger partial charge is 0.509 e. The van der Waals surface area contributed by atoms with Gasteiger partial charge in [0.05, 0.1) is 13.7 Å². The first-order chi connectivity index (χ1) is 42.4. The molecular formula is C73H63N4O2Pt-3. The number of para-hydroxylation sites is 4. The number of benzene rings is 9. The van der Waals surface area contributed by atoms with Gasteiger partial charge in [-0.05, 0) is 110 Å². The quantitative estimate of drug-likeness (QED) is 0.121. The summed E-state index contributed by atoms with van der Waals surface area (Å²) in [5.41, 5.74) is 11.6. The van der Waals surface area contributed by atoms with Crippen LogP contribution in [-0.4, -0.2) is 9.55 Å². The van der Waals surface area contributed by atoms with E-state index in [-0.39, 0.29) is 72.2 Å². The van der Waals surface area contributed by atoms with Crippen LogP contribution in [0.1, 0.15) is 116 Å². The molecule has 12 aromatic rings. The van der Waals surface area contributed by atoms with Crippen LogP contribution in [0.3, 0.4) is 0 Å². The molecular weight excluding hydrogens is 1160 g/mol. The minimum absolute atomic E-state index is 0. The first-order valence-corrected chi connectivity index (χ1v) is 26.9. The molecule has 400 valence electrons. The van der Waals surface area contributed by atoms with Gasteiger partial charge in [-0.2, -0.15) is 6.07 Å². The Morgan fingerprint density at radius 1 is 0.600 bits per heavy atom. The average Bonchev–Trinajstić information content (AvgIpc) is 1.51. The fraction of sp³-hybridized carbons (Fsp3) is 0.178. The second-order valence-corrected chi connectivity index (χ2v) is 22.3. The van der Waals surface area contributed by atoms with E-state index in [1.807, 2.05) is 77.8 Å². The Kier molecular flexibility index (Phi) is 10.9. The molecule has 3 aromatic heterocycles. The van der Waals surface area contributed by atoms with Crippen molar-refractivity contribution in [1.82, 2.24) is 9.55 Å². The van der Waals surface area contributed by atoms with Gasteiger partial charge >= 0.3 is 0 Å². The second-order valence-electron chi connectivity index (χ2n) is 22.3. The molecule has 0 atom stereocenters. The van der Waals surface area contributed by atoms with Gasteiger partial charge in [-0.1, -0.05) is 194 Å². The van der Waals surface area contributed by atoms with Gasteiger partial charge in [-0.3, -0.25) is 0 Å². The molecule has 80 heavy (non-hydrogen) atoms. The number of pyridine rings is 1. The molecule has 1 aliphatic heterocycles. The van der Waals surface area contributed by atoms with Crippen molar-refractivity contribution in [1.29, 1.82) is 0 Å². The number of ether oxygens (including phenoxy) is 1. The third-order valence-electron chi connectivity index (χ3n) is 15.2. The molecule has 0 radical (unpaired) electrons. The van der Waals surface area contributed by atoms with E-state index in [2.05, 4.69) is 121 Å². The maximum Gasteiger partial charge on any atom is 0.135 e. The van der Waals surface area contributed by atoms with E-state index in [0.717, 1.165) is 71.6 Å². The summed E-state index contributed by atoms with van der Waals surface area (Å²) in [6.07, 6.45) is 1.85. The molecule has 0 spiro atoms. The van der Waals surface area contributed by atoms with Crippen LogP contribution >= 0.6 is 0 Å². The number of furan rings is 1. The maximum atomic E-state index is 9.28. The van der Waals surface area contributed by atoms with Crippen LogP contribution in [0.5, 0.6) is 11.5 Å². The van der Waals surface area contributed by atoms with Crippen molar-refractivity contribution in [3.63, 3.8) is 0 Å². The monoisotopic (exact) mass is 1230 g/mol. The molecule has 6 nitrogen and oxygen atoms in total. The Bertz CT molecular complexity index is 4760. The molecule has 0 saturated heterocycles. The van der Waals surface area contributed by atoms with E-state index < -0.39 is 60.4 Å². The number of aromatic nitrogens is 2. The van der Waals surface area contributed by atoms with Gasteiger partial charge in [-0.25, -0.2) is 4.98 Å². The van der Waals surface area contributed by atoms with Gasteiger partial charge in [0.2, 0.25) is 0 Å². The zero-order valence-corrected chi connectivity index (χ0v) is 48.2. The SMILES string of the molecule is [2H]c1c([2H])c([2H])c(-c2cccc(-c3c([2H])c([2H])c([2H])c([2H])c3[2H])c2N2[CH-]N(c3[c-]c(Oc4[c-]c5c(cc4)c4c6oc7ccccc7c6ccc4n5-c4cc(C(C)(C)C)ccn4)cc(-c4c(C(C)C)cc(C(C)C)cc4C(C)C)c3)c3ccccc32)c([2H])c1[2H].[Pt]. The van der Waals surface area contributed by atoms with Gasteiger partial charge in [0.15, 0.2) is 0 Å².